The molecule has 0 aromatic heterocycles. The predicted octanol–water partition coefficient (Wildman–Crippen LogP) is -4.47. The summed E-state index contributed by atoms with van der Waals surface area (Å²) in [5.74, 6) is -1.29. The van der Waals surface area contributed by atoms with Crippen LogP contribution in [0.4, 0.5) is 0 Å². The van der Waals surface area contributed by atoms with Gasteiger partial charge in [0.2, 0.25) is 6.29 Å². The third kappa shape index (κ3) is 12.3. The van der Waals surface area contributed by atoms with Gasteiger partial charge >= 0.3 is 5.97 Å². The lowest BCUT2D eigenvalue weighted by molar-refractivity contribution is -0.392. The highest BCUT2D eigenvalue weighted by atomic mass is 16.8. The van der Waals surface area contributed by atoms with Crippen molar-refractivity contribution in [1.82, 2.24) is 0 Å². The summed E-state index contributed by atoms with van der Waals surface area (Å²) >= 11 is 0. The fourth-order valence-electron chi connectivity index (χ4n) is 18.7. The van der Waals surface area contributed by atoms with Gasteiger partial charge in [0.05, 0.1) is 62.9 Å². The summed E-state index contributed by atoms with van der Waals surface area (Å²) in [5, 5.41) is 187. The first-order valence-corrected chi connectivity index (χ1v) is 33.0. The molecule has 10 fully saturated rings. The molecule has 37 atom stereocenters. The highest BCUT2D eigenvalue weighted by Gasteiger charge is 2.72. The van der Waals surface area contributed by atoms with Crippen molar-refractivity contribution in [2.75, 3.05) is 33.0 Å². The van der Waals surface area contributed by atoms with E-state index in [4.69, 9.17) is 56.8 Å². The third-order valence-corrected chi connectivity index (χ3v) is 24.5. The lowest BCUT2D eigenvalue weighted by atomic mass is 9.33. The molecule has 17 N–H and O–H groups in total. The van der Waals surface area contributed by atoms with Crippen LogP contribution in [-0.4, -0.2) is 304 Å². The highest BCUT2D eigenvalue weighted by Crippen LogP contribution is 2.76. The largest absolute Gasteiger partial charge is 0.432 e. The topological polar surface area (TPSA) is 472 Å². The minimum Gasteiger partial charge on any atom is -0.432 e. The second-order valence-electron chi connectivity index (χ2n) is 30.5. The number of carbonyl (C=O) groups is 1. The van der Waals surface area contributed by atoms with Crippen LogP contribution in [0.25, 0.3) is 0 Å². The molecule has 0 spiro atoms. The van der Waals surface area contributed by atoms with E-state index in [-0.39, 0.29) is 29.6 Å². The van der Waals surface area contributed by atoms with Crippen LogP contribution < -0.4 is 0 Å². The number of aliphatic hydroxyl groups excluding tert-OH is 17. The summed E-state index contributed by atoms with van der Waals surface area (Å²) in [6.45, 7) is 13.1. The molecular weight excluding hydrogens is 1240 g/mol. The van der Waals surface area contributed by atoms with Crippen molar-refractivity contribution in [3.63, 3.8) is 0 Å². The number of hydrogen-bond donors (Lipinski definition) is 17. The van der Waals surface area contributed by atoms with Gasteiger partial charge in [0.1, 0.15) is 110 Å². The monoisotopic (exact) mass is 1340 g/mol. The number of aliphatic hydroxyl groups is 17. The summed E-state index contributed by atoms with van der Waals surface area (Å²) < 4.78 is 72.2. The van der Waals surface area contributed by atoms with Gasteiger partial charge in [0, 0.05) is 5.41 Å². The average Bonchev–Trinajstić information content (AvgIpc) is 0.673. The molecule has 1 unspecified atom stereocenters. The molecule has 5 aliphatic carbocycles. The minimum atomic E-state index is -2.05. The average molecular weight is 1340 g/mol. The molecule has 0 bridgehead atoms. The van der Waals surface area contributed by atoms with Crippen LogP contribution in [0.3, 0.4) is 0 Å². The maximum atomic E-state index is 15.6. The summed E-state index contributed by atoms with van der Waals surface area (Å²) in [6.07, 6.45) is -40.4. The molecule has 0 radical (unpaired) electrons. The zero-order chi connectivity index (χ0) is 67.7. The van der Waals surface area contributed by atoms with Crippen molar-refractivity contribution < 1.29 is 148 Å². The van der Waals surface area contributed by atoms with Crippen LogP contribution in [0.5, 0.6) is 0 Å². The van der Waals surface area contributed by atoms with Crippen molar-refractivity contribution in [2.24, 2.45) is 50.2 Å². The van der Waals surface area contributed by atoms with Gasteiger partial charge in [-0.2, -0.15) is 0 Å². The number of carbonyl (C=O) groups excluding carboxylic acids is 1. The van der Waals surface area contributed by atoms with Crippen LogP contribution in [-0.2, 0) is 61.6 Å². The Labute approximate surface area is 539 Å². The lowest BCUT2D eigenvalue weighted by Gasteiger charge is -2.72. The van der Waals surface area contributed by atoms with Crippen LogP contribution >= 0.6 is 0 Å². The van der Waals surface area contributed by atoms with Gasteiger partial charge < -0.3 is 144 Å². The van der Waals surface area contributed by atoms with Crippen LogP contribution in [0.15, 0.2) is 11.6 Å². The van der Waals surface area contributed by atoms with Crippen molar-refractivity contribution in [1.29, 1.82) is 0 Å². The zero-order valence-corrected chi connectivity index (χ0v) is 53.9. The van der Waals surface area contributed by atoms with Gasteiger partial charge in [-0.05, 0) is 111 Å². The molecule has 4 saturated carbocycles. The Hall–Kier alpha value is -1.91. The third-order valence-electron chi connectivity index (χ3n) is 24.5. The van der Waals surface area contributed by atoms with Crippen molar-refractivity contribution in [3.8, 4) is 0 Å². The first kappa shape index (κ1) is 72.3. The van der Waals surface area contributed by atoms with Gasteiger partial charge in [-0.1, -0.05) is 53.2 Å². The predicted molar refractivity (Wildman–Crippen MR) is 310 cm³/mol. The summed E-state index contributed by atoms with van der Waals surface area (Å²) in [4.78, 5) is 15.6. The number of esters is 1. The Bertz CT molecular complexity index is 2620. The molecule has 0 amide bonds. The maximum absolute atomic E-state index is 15.6. The first-order chi connectivity index (χ1) is 43.6. The van der Waals surface area contributed by atoms with Crippen LogP contribution in [0.2, 0.25) is 0 Å². The van der Waals surface area contributed by atoms with Crippen molar-refractivity contribution in [3.05, 3.63) is 11.6 Å². The Balaban J connectivity index is 0.831. The van der Waals surface area contributed by atoms with E-state index in [9.17, 15) is 86.8 Å². The Morgan fingerprint density at radius 2 is 1.03 bits per heavy atom. The summed E-state index contributed by atoms with van der Waals surface area (Å²) in [5.41, 5.74) is -2.90. The highest BCUT2D eigenvalue weighted by molar-refractivity contribution is 5.79. The lowest BCUT2D eigenvalue weighted by Crippen LogP contribution is -2.69. The second-order valence-corrected chi connectivity index (χ2v) is 30.5. The van der Waals surface area contributed by atoms with Crippen molar-refractivity contribution in [2.45, 2.75) is 291 Å². The normalized spacial score (nSPS) is 55.7. The molecule has 30 heteroatoms. The zero-order valence-electron chi connectivity index (χ0n) is 53.9. The Morgan fingerprint density at radius 1 is 0.495 bits per heavy atom. The summed E-state index contributed by atoms with van der Waals surface area (Å²) in [6, 6.07) is 0. The fraction of sp³-hybridized carbons (Fsp3) is 0.952. The molecule has 0 aromatic carbocycles. The smallest absolute Gasteiger partial charge is 0.315 e. The van der Waals surface area contributed by atoms with Crippen LogP contribution in [0, 0.1) is 50.2 Å². The van der Waals surface area contributed by atoms with Gasteiger partial charge in [-0.3, -0.25) is 4.79 Å². The minimum absolute atomic E-state index is 0.0566. The molecule has 6 aliphatic heterocycles. The maximum Gasteiger partial charge on any atom is 0.315 e. The van der Waals surface area contributed by atoms with Crippen LogP contribution in [0.1, 0.15) is 113 Å². The van der Waals surface area contributed by atoms with E-state index < -0.39 is 244 Å². The van der Waals surface area contributed by atoms with E-state index in [0.29, 0.717) is 51.4 Å². The van der Waals surface area contributed by atoms with Gasteiger partial charge in [0.15, 0.2) is 37.6 Å². The molecule has 11 aliphatic rings. The van der Waals surface area contributed by atoms with Gasteiger partial charge in [-0.15, -0.1) is 0 Å². The van der Waals surface area contributed by atoms with Gasteiger partial charge in [-0.25, -0.2) is 0 Å². The molecule has 6 heterocycles. The molecule has 534 valence electrons. The Kier molecular flexibility index (Phi) is 20.9. The number of ether oxygens (including phenoxy) is 12. The van der Waals surface area contributed by atoms with E-state index in [0.717, 1.165) is 5.57 Å². The van der Waals surface area contributed by atoms with Crippen molar-refractivity contribution >= 4 is 5.97 Å². The molecule has 6 saturated heterocycles. The van der Waals surface area contributed by atoms with E-state index in [1.54, 1.807) is 0 Å². The first-order valence-electron chi connectivity index (χ1n) is 33.0. The summed E-state index contributed by atoms with van der Waals surface area (Å²) in [7, 11) is 0. The molecule has 93 heavy (non-hydrogen) atoms. The molecule has 30 nitrogen and oxygen atoms in total. The van der Waals surface area contributed by atoms with E-state index >= 15 is 4.79 Å². The molecular formula is C63H102O30. The van der Waals surface area contributed by atoms with E-state index in [1.165, 1.54) is 13.8 Å². The number of hydrogen-bond acceptors (Lipinski definition) is 30. The number of fused-ring (bicyclic) bond motifs is 7. The molecule has 11 rings (SSSR count). The number of rotatable bonds is 14. The quantitative estimate of drug-likeness (QED) is 0.0443. The number of allylic oxidation sites excluding steroid dienone is 2. The van der Waals surface area contributed by atoms with E-state index in [1.807, 2.05) is 6.92 Å². The standard InChI is InChI=1S/C63H102O30/c1-24-35(70)39(74)42(77)53(85-24)89-47-31(69)22-83-52(44(47)79)88-46-25(2)86-55(45(80)48(46)90-51-41(76)36(71)29(67)20-82-51)91-49-37(72)30(68)21-84-56(49)93-57(81)63-15-13-58(3,4)17-27(63)26-9-10-34-59(5)18-28(66)50(92-54-43(78)40(75)38(73)32(19-64)87-54)60(6,23-65)33(59)11-12-62(34,8)61(26,7)14-16-63/h9,24-25,27-56,64-80H,10-23H2,1-8H3/t24-,25-,27-,28-,29+,30-,31+,32+,33?,34+,35-,36-,37-,38+,39+,40-,41+,42+,43+,44+,45+,46-,47-,48-,49+,50-,51-,52-,53-,54-,55-,56-,59-,60-,61+,62+,63-/m0/s1. The fourth-order valence-corrected chi connectivity index (χ4v) is 18.7. The van der Waals surface area contributed by atoms with E-state index in [2.05, 4.69) is 40.7 Å². The SMILES string of the molecule is C[C@@H]1O[C@@H](O[C@@H]2[C@@H](O)[C@H](O[C@@H]3[C@@H](O[C@@H]4OC[C@@H](O)[C@H](O)[C@H]4O)[C@@H](O)[C@H](O[C@H]4[C@H](OC(=O)[C@]56CCC(C)(C)C[C@H]5C5=CC[C@@H]7[C@@]8(C)C[C@H](O)[C@H](O[C@@H]9O[C@H](CO)[C@@H](O)[C@H](O)[C@H]9O)[C@@](C)(CO)C8CC[C@@]7(C)[C@]5(C)CC6)OC[C@H](O)[C@@H]4O)O[C@H]3C)OC[C@H]2O)[C@H](O)[C@H](O)[C@H]1O. The second kappa shape index (κ2) is 26.9. The molecule has 0 aromatic rings. The Morgan fingerprint density at radius 3 is 1.70 bits per heavy atom. The van der Waals surface area contributed by atoms with Gasteiger partial charge in [0.25, 0.3) is 0 Å².